The number of aromatic nitrogens is 4. The molecule has 1 aliphatic heterocycles. The molecule has 5 rings (SSSR count). The smallest absolute Gasteiger partial charge is 0.304 e. The molecule has 0 aliphatic carbocycles. The fourth-order valence-corrected chi connectivity index (χ4v) is 4.09. The van der Waals surface area contributed by atoms with Crippen LogP contribution in [0.15, 0.2) is 36.4 Å². The first-order valence-electron chi connectivity index (χ1n) is 11.0. The summed E-state index contributed by atoms with van der Waals surface area (Å²) in [6, 6.07) is 8.51. The van der Waals surface area contributed by atoms with Gasteiger partial charge in [-0.15, -0.1) is 0 Å². The molecule has 2 aromatic carbocycles. The Labute approximate surface area is 198 Å². The van der Waals surface area contributed by atoms with Crippen molar-refractivity contribution in [2.45, 2.75) is 25.8 Å². The lowest BCUT2D eigenvalue weighted by Gasteiger charge is -2.16. The monoisotopic (exact) mass is 480 g/mol. The minimum atomic E-state index is -0.828. The van der Waals surface area contributed by atoms with Crippen LogP contribution in [0.4, 0.5) is 14.6 Å². The fourth-order valence-electron chi connectivity index (χ4n) is 4.09. The summed E-state index contributed by atoms with van der Waals surface area (Å²) in [5, 5.41) is 3.25. The quantitative estimate of drug-likeness (QED) is 0.434. The molecule has 0 radical (unpaired) electrons. The van der Waals surface area contributed by atoms with Crippen LogP contribution in [-0.2, 0) is 13.0 Å². The molecule has 0 bridgehead atoms. The molecule has 0 fully saturated rings. The van der Waals surface area contributed by atoms with E-state index in [4.69, 9.17) is 15.2 Å². The lowest BCUT2D eigenvalue weighted by atomic mass is 10.1. The molecule has 1 aliphatic rings. The van der Waals surface area contributed by atoms with Crippen LogP contribution in [0.1, 0.15) is 34.3 Å². The number of imidazole rings is 1. The van der Waals surface area contributed by atoms with Crippen molar-refractivity contribution in [2.75, 3.05) is 19.0 Å². The number of carbonyl (C=O) groups excluding carboxylic acids is 1. The lowest BCUT2D eigenvalue weighted by Crippen LogP contribution is -2.13. The number of fused-ring (bicyclic) bond motifs is 2. The number of halogens is 2. The second-order valence-corrected chi connectivity index (χ2v) is 8.06. The summed E-state index contributed by atoms with van der Waals surface area (Å²) in [7, 11) is 1.39. The van der Waals surface area contributed by atoms with E-state index in [0.717, 1.165) is 30.0 Å². The SMILES string of the molecule is COc1nc2c(C(N)=O)cc(F)cc2n1-c1nc(NCc2cccc(F)c2)c2c(n1)OCCCC2. The lowest BCUT2D eigenvalue weighted by molar-refractivity contribution is 0.100. The van der Waals surface area contributed by atoms with Gasteiger partial charge in [0.15, 0.2) is 0 Å². The number of nitrogens with one attached hydrogen (secondary N) is 1. The second-order valence-electron chi connectivity index (χ2n) is 8.06. The van der Waals surface area contributed by atoms with Crippen LogP contribution in [0.25, 0.3) is 17.0 Å². The van der Waals surface area contributed by atoms with E-state index in [9.17, 15) is 13.6 Å². The van der Waals surface area contributed by atoms with Crippen molar-refractivity contribution >= 4 is 22.8 Å². The van der Waals surface area contributed by atoms with Crippen molar-refractivity contribution in [3.8, 4) is 17.8 Å². The summed E-state index contributed by atoms with van der Waals surface area (Å²) < 4.78 is 40.8. The number of methoxy groups -OCH3 is 1. The average molecular weight is 480 g/mol. The number of nitrogens with zero attached hydrogens (tertiary/aromatic N) is 4. The molecule has 0 saturated carbocycles. The van der Waals surface area contributed by atoms with Crippen LogP contribution < -0.4 is 20.5 Å². The van der Waals surface area contributed by atoms with Gasteiger partial charge in [-0.05, 0) is 43.0 Å². The second kappa shape index (κ2) is 9.16. The van der Waals surface area contributed by atoms with Crippen LogP contribution in [0, 0.1) is 11.6 Å². The third kappa shape index (κ3) is 4.32. The van der Waals surface area contributed by atoms with Crippen molar-refractivity contribution in [1.82, 2.24) is 19.5 Å². The summed E-state index contributed by atoms with van der Waals surface area (Å²) in [4.78, 5) is 25.5. The number of rotatable bonds is 6. The first-order chi connectivity index (χ1) is 16.9. The number of carbonyl (C=O) groups is 1. The Morgan fingerprint density at radius 2 is 2.03 bits per heavy atom. The highest BCUT2D eigenvalue weighted by molar-refractivity contribution is 6.04. The molecule has 3 heterocycles. The molecule has 11 heteroatoms. The largest absolute Gasteiger partial charge is 0.477 e. The predicted molar refractivity (Wildman–Crippen MR) is 124 cm³/mol. The van der Waals surface area contributed by atoms with Crippen LogP contribution in [0.2, 0.25) is 0 Å². The Morgan fingerprint density at radius 1 is 1.17 bits per heavy atom. The van der Waals surface area contributed by atoms with Gasteiger partial charge in [0.1, 0.15) is 23.0 Å². The number of hydrogen-bond donors (Lipinski definition) is 2. The standard InChI is InChI=1S/C24H22F2N6O3/c1-34-24-29-19-17(20(27)33)10-15(26)11-18(19)32(24)23-30-21(16-7-2-3-8-35-22(16)31-23)28-12-13-5-4-6-14(25)9-13/h4-6,9-11H,2-3,7-8,12H2,1H3,(H2,27,33)(H,28,30,31). The van der Waals surface area contributed by atoms with Crippen LogP contribution in [0.3, 0.4) is 0 Å². The maximum atomic E-state index is 14.4. The van der Waals surface area contributed by atoms with Crippen LogP contribution >= 0.6 is 0 Å². The van der Waals surface area contributed by atoms with Gasteiger partial charge >= 0.3 is 6.01 Å². The number of nitrogens with two attached hydrogens (primary N) is 1. The van der Waals surface area contributed by atoms with Crippen LogP contribution in [0.5, 0.6) is 11.9 Å². The molecule has 35 heavy (non-hydrogen) atoms. The van der Waals surface area contributed by atoms with Gasteiger partial charge in [-0.25, -0.2) is 13.3 Å². The molecule has 2 aromatic heterocycles. The van der Waals surface area contributed by atoms with Gasteiger partial charge in [-0.3, -0.25) is 4.79 Å². The third-order valence-electron chi connectivity index (χ3n) is 5.71. The molecule has 0 spiro atoms. The molecule has 3 N–H and O–H groups in total. The van der Waals surface area contributed by atoms with Gasteiger partial charge in [0.2, 0.25) is 11.8 Å². The topological polar surface area (TPSA) is 117 Å². The maximum absolute atomic E-state index is 14.4. The van der Waals surface area contributed by atoms with Crippen molar-refractivity contribution in [3.63, 3.8) is 0 Å². The minimum Gasteiger partial charge on any atom is -0.477 e. The van der Waals surface area contributed by atoms with E-state index in [2.05, 4.69) is 20.3 Å². The van der Waals surface area contributed by atoms with E-state index in [1.807, 2.05) is 0 Å². The molecular formula is C24H22F2N6O3. The Bertz CT molecular complexity index is 1440. The summed E-state index contributed by atoms with van der Waals surface area (Å²) in [6.07, 6.45) is 2.41. The average Bonchev–Trinajstić information content (AvgIpc) is 3.03. The molecular weight excluding hydrogens is 458 g/mol. The molecule has 0 atom stereocenters. The molecule has 4 aromatic rings. The van der Waals surface area contributed by atoms with Gasteiger partial charge in [-0.1, -0.05) is 12.1 Å². The summed E-state index contributed by atoms with van der Waals surface area (Å²) >= 11 is 0. The van der Waals surface area contributed by atoms with E-state index in [1.165, 1.54) is 29.9 Å². The number of amides is 1. The first kappa shape index (κ1) is 22.5. The van der Waals surface area contributed by atoms with Crippen molar-refractivity contribution in [3.05, 3.63) is 64.7 Å². The molecule has 9 nitrogen and oxygen atoms in total. The highest BCUT2D eigenvalue weighted by atomic mass is 19.1. The van der Waals surface area contributed by atoms with E-state index in [-0.39, 0.29) is 34.4 Å². The summed E-state index contributed by atoms with van der Waals surface area (Å²) in [5.41, 5.74) is 7.23. The Kier molecular flexibility index (Phi) is 5.89. The number of anilines is 1. The zero-order valence-corrected chi connectivity index (χ0v) is 18.8. The molecule has 1 amide bonds. The van der Waals surface area contributed by atoms with Crippen molar-refractivity contribution in [1.29, 1.82) is 0 Å². The molecule has 180 valence electrons. The maximum Gasteiger partial charge on any atom is 0.304 e. The summed E-state index contributed by atoms with van der Waals surface area (Å²) in [5.74, 6) is -0.864. The first-order valence-corrected chi connectivity index (χ1v) is 11.0. The highest BCUT2D eigenvalue weighted by Gasteiger charge is 2.24. The highest BCUT2D eigenvalue weighted by Crippen LogP contribution is 2.33. The van der Waals surface area contributed by atoms with Gasteiger partial charge in [0, 0.05) is 12.6 Å². The third-order valence-corrected chi connectivity index (χ3v) is 5.71. The number of hydrogen-bond acceptors (Lipinski definition) is 7. The Balaban J connectivity index is 1.67. The number of ether oxygens (including phenoxy) is 2. The van der Waals surface area contributed by atoms with E-state index >= 15 is 0 Å². The molecule has 0 unspecified atom stereocenters. The van der Waals surface area contributed by atoms with Crippen molar-refractivity contribution in [2.24, 2.45) is 5.73 Å². The number of benzene rings is 2. The fraction of sp³-hybridized carbons (Fsp3) is 0.250. The van der Waals surface area contributed by atoms with E-state index in [1.54, 1.807) is 12.1 Å². The zero-order chi connectivity index (χ0) is 24.5. The predicted octanol–water partition coefficient (Wildman–Crippen LogP) is 3.53. The Morgan fingerprint density at radius 3 is 2.80 bits per heavy atom. The van der Waals surface area contributed by atoms with Gasteiger partial charge in [0.25, 0.3) is 5.91 Å². The summed E-state index contributed by atoms with van der Waals surface area (Å²) in [6.45, 7) is 0.790. The van der Waals surface area contributed by atoms with Crippen molar-refractivity contribution < 1.29 is 23.0 Å². The van der Waals surface area contributed by atoms with E-state index < -0.39 is 11.7 Å². The minimum absolute atomic E-state index is 0.0396. The van der Waals surface area contributed by atoms with Crippen LogP contribution in [-0.4, -0.2) is 39.1 Å². The number of primary amides is 1. The van der Waals surface area contributed by atoms with Gasteiger partial charge < -0.3 is 20.5 Å². The van der Waals surface area contributed by atoms with Gasteiger partial charge in [0.05, 0.1) is 30.4 Å². The zero-order valence-electron chi connectivity index (χ0n) is 18.8. The molecule has 0 saturated heterocycles. The van der Waals surface area contributed by atoms with E-state index in [0.29, 0.717) is 31.3 Å². The van der Waals surface area contributed by atoms with Gasteiger partial charge in [-0.2, -0.15) is 15.0 Å². The normalized spacial score (nSPS) is 13.1. The Hall–Kier alpha value is -4.28.